The van der Waals surface area contributed by atoms with Gasteiger partial charge in [0.1, 0.15) is 12.0 Å². The molecule has 186 valence electrons. The first-order valence-electron chi connectivity index (χ1n) is 11.5. The van der Waals surface area contributed by atoms with Gasteiger partial charge in [0.2, 0.25) is 11.8 Å². The molecule has 1 aliphatic heterocycles. The lowest BCUT2D eigenvalue weighted by Crippen LogP contribution is -2.48. The number of hydrogen-bond donors (Lipinski definition) is 2. The van der Waals surface area contributed by atoms with Gasteiger partial charge in [-0.25, -0.2) is 4.98 Å². The van der Waals surface area contributed by atoms with Crippen molar-refractivity contribution in [3.8, 4) is 16.3 Å². The molecular weight excluding hydrogens is 468 g/mol. The van der Waals surface area contributed by atoms with E-state index in [1.807, 2.05) is 50.5 Å². The Morgan fingerprint density at radius 3 is 2.66 bits per heavy atom. The van der Waals surface area contributed by atoms with Crippen LogP contribution in [0.2, 0.25) is 0 Å². The van der Waals surface area contributed by atoms with Gasteiger partial charge in [-0.1, -0.05) is 38.1 Å². The number of carbonyl (C=O) groups is 2. The third-order valence-electron chi connectivity index (χ3n) is 6.25. The van der Waals surface area contributed by atoms with Crippen LogP contribution in [0.1, 0.15) is 43.2 Å². The number of hydrogen-bond acceptors (Lipinski definition) is 8. The Kier molecular flexibility index (Phi) is 7.51. The van der Waals surface area contributed by atoms with Crippen LogP contribution in [0.25, 0.3) is 10.4 Å². The number of ether oxygens (including phenoxy) is 1. The highest BCUT2D eigenvalue weighted by molar-refractivity contribution is 7.13. The number of amides is 2. The lowest BCUT2D eigenvalue weighted by Gasteiger charge is -2.28. The summed E-state index contributed by atoms with van der Waals surface area (Å²) in [4.78, 5) is 33.4. The molecule has 3 aromatic rings. The number of likely N-dealkylation sites (tertiary alicyclic amines) is 1. The fraction of sp³-hybridized carbons (Fsp3) is 0.440. The molecule has 1 aromatic carbocycles. The van der Waals surface area contributed by atoms with Crippen LogP contribution in [0.4, 0.5) is 0 Å². The number of thiazole rings is 1. The van der Waals surface area contributed by atoms with Crippen LogP contribution in [-0.4, -0.2) is 57.8 Å². The Bertz CT molecular complexity index is 1170. The third kappa shape index (κ3) is 5.38. The minimum absolute atomic E-state index is 0.0916. The Morgan fingerprint density at radius 2 is 2.06 bits per heavy atom. The summed E-state index contributed by atoms with van der Waals surface area (Å²) in [5, 5.41) is 17.0. The molecular formula is C25H30N4O5S. The number of aromatic nitrogens is 2. The summed E-state index contributed by atoms with van der Waals surface area (Å²) in [7, 11) is 1.47. The van der Waals surface area contributed by atoms with E-state index in [2.05, 4.69) is 15.5 Å². The summed E-state index contributed by atoms with van der Waals surface area (Å²) < 4.78 is 10.4. The van der Waals surface area contributed by atoms with Crippen LogP contribution in [0.3, 0.4) is 0 Å². The Balaban J connectivity index is 1.43. The summed E-state index contributed by atoms with van der Waals surface area (Å²) in [6.07, 6.45) is -0.584. The molecule has 0 radical (unpaired) electrons. The van der Waals surface area contributed by atoms with Gasteiger partial charge in [-0.3, -0.25) is 9.59 Å². The van der Waals surface area contributed by atoms with Crippen molar-refractivity contribution >= 4 is 23.2 Å². The molecule has 1 fully saturated rings. The molecule has 0 saturated carbocycles. The van der Waals surface area contributed by atoms with Crippen molar-refractivity contribution in [3.05, 3.63) is 52.9 Å². The minimum Gasteiger partial charge on any atom is -0.479 e. The third-order valence-corrected chi connectivity index (χ3v) is 7.23. The SMILES string of the molecule is COc1cc(C(C(=O)N2C[C@H](O)C[C@H]2C(=O)NCc2ccc(-c3scnc3C)cc2)C(C)C)on1. The van der Waals surface area contributed by atoms with Gasteiger partial charge in [-0.15, -0.1) is 11.3 Å². The average molecular weight is 499 g/mol. The second-order valence-electron chi connectivity index (χ2n) is 9.07. The van der Waals surface area contributed by atoms with Crippen molar-refractivity contribution in [2.45, 2.75) is 51.8 Å². The number of benzene rings is 1. The number of rotatable bonds is 8. The predicted molar refractivity (Wildman–Crippen MR) is 131 cm³/mol. The van der Waals surface area contributed by atoms with Crippen LogP contribution < -0.4 is 10.1 Å². The fourth-order valence-corrected chi connectivity index (χ4v) is 5.21. The number of methoxy groups -OCH3 is 1. The van der Waals surface area contributed by atoms with Gasteiger partial charge in [-0.2, -0.15) is 0 Å². The molecule has 3 atom stereocenters. The highest BCUT2D eigenvalue weighted by Gasteiger charge is 2.43. The van der Waals surface area contributed by atoms with Gasteiger partial charge >= 0.3 is 0 Å². The molecule has 4 rings (SSSR count). The first-order valence-corrected chi connectivity index (χ1v) is 12.4. The Hall–Kier alpha value is -3.24. The highest BCUT2D eigenvalue weighted by Crippen LogP contribution is 2.32. The number of nitrogens with one attached hydrogen (secondary N) is 1. The average Bonchev–Trinajstić information content (AvgIpc) is 3.57. The van der Waals surface area contributed by atoms with E-state index in [0.29, 0.717) is 12.3 Å². The van der Waals surface area contributed by atoms with Gasteiger partial charge in [-0.05, 0) is 29.1 Å². The summed E-state index contributed by atoms with van der Waals surface area (Å²) in [6.45, 7) is 6.19. The van der Waals surface area contributed by atoms with Crippen molar-refractivity contribution in [1.82, 2.24) is 20.4 Å². The monoisotopic (exact) mass is 498 g/mol. The van der Waals surface area contributed by atoms with Crippen LogP contribution in [-0.2, 0) is 16.1 Å². The lowest BCUT2D eigenvalue weighted by molar-refractivity contribution is -0.141. The van der Waals surface area contributed by atoms with Crippen molar-refractivity contribution in [2.75, 3.05) is 13.7 Å². The standard InChI is InChI=1S/C25H30N4O5S/c1-14(2)22(20-10-21(33-4)28-34-20)25(32)29-12-18(30)9-19(29)24(31)26-11-16-5-7-17(8-6-16)23-15(3)27-13-35-23/h5-8,10,13-14,18-19,22,30H,9,11-12H2,1-4H3,(H,26,31)/t18-,19+,22?/m1/s1. The van der Waals surface area contributed by atoms with E-state index in [-0.39, 0.29) is 36.6 Å². The molecule has 9 nitrogen and oxygen atoms in total. The van der Waals surface area contributed by atoms with E-state index in [1.165, 1.54) is 12.0 Å². The zero-order valence-electron chi connectivity index (χ0n) is 20.2. The quantitative estimate of drug-likeness (QED) is 0.490. The predicted octanol–water partition coefficient (Wildman–Crippen LogP) is 3.13. The molecule has 2 aromatic heterocycles. The summed E-state index contributed by atoms with van der Waals surface area (Å²) in [6, 6.07) is 8.77. The second-order valence-corrected chi connectivity index (χ2v) is 9.93. The maximum atomic E-state index is 13.5. The summed E-state index contributed by atoms with van der Waals surface area (Å²) >= 11 is 1.59. The molecule has 2 amide bonds. The molecule has 10 heteroatoms. The smallest absolute Gasteiger partial charge is 0.254 e. The topological polar surface area (TPSA) is 118 Å². The van der Waals surface area contributed by atoms with E-state index >= 15 is 0 Å². The number of aliphatic hydroxyl groups excluding tert-OH is 1. The summed E-state index contributed by atoms with van der Waals surface area (Å²) in [5.74, 6) is -0.670. The number of aryl methyl sites for hydroxylation is 1. The summed E-state index contributed by atoms with van der Waals surface area (Å²) in [5.41, 5.74) is 4.84. The Morgan fingerprint density at radius 1 is 1.31 bits per heavy atom. The first kappa shape index (κ1) is 24.9. The molecule has 1 saturated heterocycles. The van der Waals surface area contributed by atoms with E-state index in [4.69, 9.17) is 9.26 Å². The zero-order chi connectivity index (χ0) is 25.1. The number of aliphatic hydroxyl groups is 1. The van der Waals surface area contributed by atoms with Crippen molar-refractivity contribution in [3.63, 3.8) is 0 Å². The molecule has 0 aliphatic carbocycles. The van der Waals surface area contributed by atoms with E-state index in [0.717, 1.165) is 21.7 Å². The molecule has 0 spiro atoms. The minimum atomic E-state index is -0.770. The lowest BCUT2D eigenvalue weighted by atomic mass is 9.91. The maximum Gasteiger partial charge on any atom is 0.254 e. The van der Waals surface area contributed by atoms with E-state index in [1.54, 1.807) is 17.4 Å². The molecule has 1 aliphatic rings. The van der Waals surface area contributed by atoms with Gasteiger partial charge in [0.25, 0.3) is 5.88 Å². The molecule has 35 heavy (non-hydrogen) atoms. The largest absolute Gasteiger partial charge is 0.479 e. The van der Waals surface area contributed by atoms with Crippen molar-refractivity contribution < 1.29 is 24.0 Å². The molecule has 0 bridgehead atoms. The first-order chi connectivity index (χ1) is 16.8. The van der Waals surface area contributed by atoms with Gasteiger partial charge in [0.05, 0.1) is 29.3 Å². The van der Waals surface area contributed by atoms with Gasteiger partial charge in [0, 0.05) is 25.6 Å². The van der Waals surface area contributed by atoms with E-state index in [9.17, 15) is 14.7 Å². The number of carbonyl (C=O) groups excluding carboxylic acids is 2. The van der Waals surface area contributed by atoms with Crippen molar-refractivity contribution in [2.24, 2.45) is 5.92 Å². The molecule has 3 heterocycles. The van der Waals surface area contributed by atoms with Gasteiger partial charge in [0.15, 0.2) is 5.76 Å². The molecule has 1 unspecified atom stereocenters. The number of β-amino-alcohol motifs (C(OH)–C–C–N with tert-alkyl or cyclic N) is 1. The van der Waals surface area contributed by atoms with E-state index < -0.39 is 18.1 Å². The normalized spacial score (nSPS) is 18.6. The maximum absolute atomic E-state index is 13.5. The fourth-order valence-electron chi connectivity index (χ4n) is 4.39. The second kappa shape index (κ2) is 10.6. The highest BCUT2D eigenvalue weighted by atomic mass is 32.1. The van der Waals surface area contributed by atoms with Crippen LogP contribution >= 0.6 is 11.3 Å². The van der Waals surface area contributed by atoms with Crippen LogP contribution in [0, 0.1) is 12.8 Å². The number of nitrogens with zero attached hydrogens (tertiary/aromatic N) is 3. The van der Waals surface area contributed by atoms with Gasteiger partial charge < -0.3 is 24.6 Å². The van der Waals surface area contributed by atoms with Crippen LogP contribution in [0.15, 0.2) is 40.4 Å². The molecule has 2 N–H and O–H groups in total. The van der Waals surface area contributed by atoms with Crippen LogP contribution in [0.5, 0.6) is 5.88 Å². The zero-order valence-corrected chi connectivity index (χ0v) is 21.0. The van der Waals surface area contributed by atoms with Crippen molar-refractivity contribution in [1.29, 1.82) is 0 Å². The Labute approximate surface area is 208 Å².